The number of alkyl halides is 3. The van der Waals surface area contributed by atoms with Gasteiger partial charge >= 0.3 is 6.18 Å². The maximum Gasteiger partial charge on any atom is 0.418 e. The van der Waals surface area contributed by atoms with E-state index in [9.17, 15) is 13.2 Å². The highest BCUT2D eigenvalue weighted by Crippen LogP contribution is 2.35. The summed E-state index contributed by atoms with van der Waals surface area (Å²) in [5, 5.41) is 25.7. The number of hydrogen-bond donors (Lipinski definition) is 0. The summed E-state index contributed by atoms with van der Waals surface area (Å²) in [5.74, 6) is 0. The molecule has 0 saturated heterocycles. The van der Waals surface area contributed by atoms with E-state index in [2.05, 4.69) is 0 Å². The molecule has 17 heavy (non-hydrogen) atoms. The molecule has 0 aromatic heterocycles. The zero-order valence-corrected chi connectivity index (χ0v) is 8.34. The van der Waals surface area contributed by atoms with Gasteiger partial charge in [-0.3, -0.25) is 0 Å². The fourth-order valence-electron chi connectivity index (χ4n) is 1.38. The van der Waals surface area contributed by atoms with Crippen molar-refractivity contribution in [1.82, 2.24) is 0 Å². The van der Waals surface area contributed by atoms with Crippen molar-refractivity contribution in [2.24, 2.45) is 0 Å². The van der Waals surface area contributed by atoms with Crippen LogP contribution in [0.25, 0.3) is 0 Å². The minimum Gasteiger partial charge on any atom is -0.198 e. The molecule has 0 radical (unpaired) electrons. The van der Waals surface area contributed by atoms with E-state index < -0.39 is 22.9 Å². The first kappa shape index (κ1) is 12.5. The Bertz CT molecular complexity index is 533. The fraction of sp³-hybridized carbons (Fsp3) is 0.182. The molecule has 0 saturated carbocycles. The van der Waals surface area contributed by atoms with E-state index in [-0.39, 0.29) is 12.0 Å². The van der Waals surface area contributed by atoms with Gasteiger partial charge in [0.15, 0.2) is 0 Å². The minimum absolute atomic E-state index is 0.151. The molecule has 0 aliphatic carbocycles. The number of halogens is 3. The predicted octanol–water partition coefficient (Wildman–Crippen LogP) is 2.51. The summed E-state index contributed by atoms with van der Waals surface area (Å²) < 4.78 is 37.9. The Labute approximate surface area is 94.9 Å². The smallest absolute Gasteiger partial charge is 0.198 e. The van der Waals surface area contributed by atoms with Crippen LogP contribution in [0.5, 0.6) is 0 Å². The van der Waals surface area contributed by atoms with Gasteiger partial charge in [0.25, 0.3) is 0 Å². The third-order valence-corrected chi connectivity index (χ3v) is 2.01. The molecule has 84 valence electrons. The lowest BCUT2D eigenvalue weighted by Crippen LogP contribution is -2.11. The van der Waals surface area contributed by atoms with E-state index in [1.165, 1.54) is 12.1 Å². The van der Waals surface area contributed by atoms with Crippen molar-refractivity contribution in [2.45, 2.75) is 12.6 Å². The minimum atomic E-state index is -4.76. The van der Waals surface area contributed by atoms with E-state index in [1.54, 1.807) is 6.07 Å². The molecule has 0 aliphatic heterocycles. The summed E-state index contributed by atoms with van der Waals surface area (Å²) in [6, 6.07) is 6.49. The molecule has 0 amide bonds. The number of rotatable bonds is 1. The highest BCUT2D eigenvalue weighted by molar-refractivity contribution is 5.52. The van der Waals surface area contributed by atoms with Gasteiger partial charge in [-0.25, -0.2) is 0 Å². The van der Waals surface area contributed by atoms with E-state index in [1.807, 2.05) is 0 Å². The van der Waals surface area contributed by atoms with Crippen LogP contribution in [0.4, 0.5) is 13.2 Å². The molecule has 0 spiro atoms. The van der Waals surface area contributed by atoms with Crippen molar-refractivity contribution >= 4 is 0 Å². The molecular weight excluding hydrogens is 231 g/mol. The zero-order chi connectivity index (χ0) is 13.1. The second-order valence-electron chi connectivity index (χ2n) is 3.12. The molecule has 0 N–H and O–H groups in total. The normalized spacial score (nSPS) is 10.1. The van der Waals surface area contributed by atoms with Gasteiger partial charge in [-0.2, -0.15) is 29.0 Å². The summed E-state index contributed by atoms with van der Waals surface area (Å²) in [6.07, 6.45) is -4.91. The third kappa shape index (κ3) is 2.53. The van der Waals surface area contributed by atoms with Gasteiger partial charge < -0.3 is 0 Å². The summed E-state index contributed by atoms with van der Waals surface area (Å²) in [5.41, 5.74) is -2.30. The lowest BCUT2D eigenvalue weighted by molar-refractivity contribution is -0.138. The van der Waals surface area contributed by atoms with E-state index in [4.69, 9.17) is 15.8 Å². The molecule has 0 aliphatic rings. The quantitative estimate of drug-likeness (QED) is 0.750. The average Bonchev–Trinajstić information content (AvgIpc) is 2.26. The van der Waals surface area contributed by atoms with Crippen molar-refractivity contribution in [3.63, 3.8) is 0 Å². The average molecular weight is 235 g/mol. The predicted molar refractivity (Wildman–Crippen MR) is 50.2 cm³/mol. The number of hydrogen-bond acceptors (Lipinski definition) is 3. The van der Waals surface area contributed by atoms with Crippen LogP contribution in [0.1, 0.15) is 22.3 Å². The van der Waals surface area contributed by atoms with Gasteiger partial charge in [0.2, 0.25) is 0 Å². The first-order chi connectivity index (χ1) is 7.93. The molecular formula is C11H4F3N3. The van der Waals surface area contributed by atoms with Crippen LogP contribution in [0.3, 0.4) is 0 Å². The summed E-state index contributed by atoms with van der Waals surface area (Å²) in [7, 11) is 0. The molecule has 0 fully saturated rings. The zero-order valence-electron chi connectivity index (χ0n) is 8.34. The topological polar surface area (TPSA) is 71.4 Å². The molecule has 1 rings (SSSR count). The lowest BCUT2D eigenvalue weighted by Gasteiger charge is -2.11. The van der Waals surface area contributed by atoms with Crippen molar-refractivity contribution in [1.29, 1.82) is 15.8 Å². The van der Waals surface area contributed by atoms with Crippen LogP contribution in [-0.2, 0) is 12.6 Å². The Morgan fingerprint density at radius 3 is 1.76 bits per heavy atom. The SMILES string of the molecule is N#CCc1cc(C#N)c(C(F)(F)F)c(C#N)c1. The maximum absolute atomic E-state index is 12.6. The van der Waals surface area contributed by atoms with Gasteiger partial charge in [-0.1, -0.05) is 0 Å². The molecule has 0 heterocycles. The van der Waals surface area contributed by atoms with E-state index in [0.29, 0.717) is 0 Å². The Morgan fingerprint density at radius 2 is 1.47 bits per heavy atom. The molecule has 1 aromatic rings. The van der Waals surface area contributed by atoms with Crippen LogP contribution >= 0.6 is 0 Å². The fourth-order valence-corrected chi connectivity index (χ4v) is 1.38. The largest absolute Gasteiger partial charge is 0.418 e. The highest BCUT2D eigenvalue weighted by Gasteiger charge is 2.36. The maximum atomic E-state index is 12.6. The molecule has 3 nitrogen and oxygen atoms in total. The molecule has 0 atom stereocenters. The lowest BCUT2D eigenvalue weighted by atomic mass is 9.97. The van der Waals surface area contributed by atoms with E-state index >= 15 is 0 Å². The first-order valence-corrected chi connectivity index (χ1v) is 4.35. The summed E-state index contributed by atoms with van der Waals surface area (Å²) in [6.45, 7) is 0. The molecule has 0 unspecified atom stereocenters. The Morgan fingerprint density at radius 1 is 1.00 bits per heavy atom. The highest BCUT2D eigenvalue weighted by atomic mass is 19.4. The van der Waals surface area contributed by atoms with Gasteiger partial charge in [0.1, 0.15) is 0 Å². The molecule has 0 bridgehead atoms. The van der Waals surface area contributed by atoms with Crippen LogP contribution < -0.4 is 0 Å². The van der Waals surface area contributed by atoms with Gasteiger partial charge in [0, 0.05) is 0 Å². The van der Waals surface area contributed by atoms with Crippen molar-refractivity contribution < 1.29 is 13.2 Å². The number of nitrogens with zero attached hydrogens (tertiary/aromatic N) is 3. The monoisotopic (exact) mass is 235 g/mol. The van der Waals surface area contributed by atoms with Gasteiger partial charge in [0.05, 0.1) is 41.3 Å². The second kappa shape index (κ2) is 4.55. The van der Waals surface area contributed by atoms with E-state index in [0.717, 1.165) is 12.1 Å². The Balaban J connectivity index is 3.58. The van der Waals surface area contributed by atoms with Crippen LogP contribution in [0.15, 0.2) is 12.1 Å². The standard InChI is InChI=1S/C11H4F3N3/c12-11(13,14)10-8(5-16)3-7(1-2-15)4-9(10)6-17/h3-4H,1H2. The number of benzene rings is 1. The summed E-state index contributed by atoms with van der Waals surface area (Å²) in [4.78, 5) is 0. The van der Waals surface area contributed by atoms with Crippen molar-refractivity contribution in [2.75, 3.05) is 0 Å². The number of nitriles is 3. The Kier molecular flexibility index (Phi) is 3.36. The summed E-state index contributed by atoms with van der Waals surface area (Å²) >= 11 is 0. The second-order valence-corrected chi connectivity index (χ2v) is 3.12. The van der Waals surface area contributed by atoms with Gasteiger partial charge in [-0.15, -0.1) is 0 Å². The third-order valence-electron chi connectivity index (χ3n) is 2.01. The van der Waals surface area contributed by atoms with Crippen molar-refractivity contribution in [3.05, 3.63) is 34.4 Å². The van der Waals surface area contributed by atoms with Crippen LogP contribution in [-0.4, -0.2) is 0 Å². The molecule has 6 heteroatoms. The van der Waals surface area contributed by atoms with Crippen molar-refractivity contribution in [3.8, 4) is 18.2 Å². The van der Waals surface area contributed by atoms with Crippen LogP contribution in [0, 0.1) is 34.0 Å². The van der Waals surface area contributed by atoms with Gasteiger partial charge in [-0.05, 0) is 17.7 Å². The Hall–Kier alpha value is -2.52. The molecule has 1 aromatic carbocycles. The van der Waals surface area contributed by atoms with Crippen LogP contribution in [0.2, 0.25) is 0 Å². The first-order valence-electron chi connectivity index (χ1n) is 4.35.